The molecule has 1 aromatic carbocycles. The lowest BCUT2D eigenvalue weighted by atomic mass is 10.1. The van der Waals surface area contributed by atoms with E-state index in [1.807, 2.05) is 17.5 Å². The van der Waals surface area contributed by atoms with E-state index in [2.05, 4.69) is 4.98 Å². The van der Waals surface area contributed by atoms with Crippen molar-refractivity contribution < 1.29 is 14.3 Å². The molecular weight excluding hydrogens is 300 g/mol. The second-order valence-electron chi connectivity index (χ2n) is 4.71. The van der Waals surface area contributed by atoms with Crippen molar-refractivity contribution in [3.05, 3.63) is 47.5 Å². The van der Waals surface area contributed by atoms with Crippen LogP contribution < -0.4 is 15.2 Å². The van der Waals surface area contributed by atoms with E-state index in [4.69, 9.17) is 15.2 Å². The molecule has 2 N–H and O–H groups in total. The number of aromatic nitrogens is 1. The quantitative estimate of drug-likeness (QED) is 0.785. The second-order valence-corrected chi connectivity index (χ2v) is 5.62. The highest BCUT2D eigenvalue weighted by Crippen LogP contribution is 2.34. The molecule has 3 rings (SSSR count). The third kappa shape index (κ3) is 3.01. The first kappa shape index (κ1) is 14.3. The molecule has 0 aliphatic heterocycles. The van der Waals surface area contributed by atoms with E-state index in [0.29, 0.717) is 11.5 Å². The summed E-state index contributed by atoms with van der Waals surface area (Å²) in [4.78, 5) is 15.4. The Hall–Kier alpha value is -2.60. The maximum Gasteiger partial charge on any atom is 0.221 e. The van der Waals surface area contributed by atoms with Gasteiger partial charge in [0.05, 0.1) is 23.7 Å². The van der Waals surface area contributed by atoms with Crippen molar-refractivity contribution in [1.82, 2.24) is 4.98 Å². The van der Waals surface area contributed by atoms with Crippen LogP contribution in [0, 0.1) is 0 Å². The number of amides is 1. The molecule has 0 saturated heterocycles. The van der Waals surface area contributed by atoms with E-state index in [1.54, 1.807) is 42.8 Å². The van der Waals surface area contributed by atoms with Gasteiger partial charge in [-0.05, 0) is 29.1 Å². The highest BCUT2D eigenvalue weighted by atomic mass is 32.1. The van der Waals surface area contributed by atoms with Crippen LogP contribution in [0.15, 0.2) is 41.9 Å². The summed E-state index contributed by atoms with van der Waals surface area (Å²) in [5.74, 6) is 1.53. The molecule has 0 aliphatic carbocycles. The normalized spacial score (nSPS) is 10.6. The maximum absolute atomic E-state index is 11.1. The zero-order valence-corrected chi connectivity index (χ0v) is 12.7. The van der Waals surface area contributed by atoms with E-state index >= 15 is 0 Å². The molecule has 0 bridgehead atoms. The minimum absolute atomic E-state index is 0.137. The molecular formula is C16H14N2O3S. The van der Waals surface area contributed by atoms with Crippen LogP contribution in [0.1, 0.15) is 5.56 Å². The largest absolute Gasteiger partial charge is 0.497 e. The van der Waals surface area contributed by atoms with Crippen molar-refractivity contribution in [1.29, 1.82) is 0 Å². The van der Waals surface area contributed by atoms with Crippen molar-refractivity contribution >= 4 is 27.5 Å². The van der Waals surface area contributed by atoms with Crippen LogP contribution in [0.25, 0.3) is 10.2 Å². The Morgan fingerprint density at radius 3 is 2.86 bits per heavy atom. The number of carbonyl (C=O) groups excluding carboxylic acids is 1. The SMILES string of the molecule is COc1cc(CC(N)=O)cc(Oc2ccnc3ccsc23)c1. The van der Waals surface area contributed by atoms with Gasteiger partial charge in [-0.3, -0.25) is 9.78 Å². The molecule has 0 radical (unpaired) electrons. The first-order valence-electron chi connectivity index (χ1n) is 6.62. The predicted molar refractivity (Wildman–Crippen MR) is 85.6 cm³/mol. The van der Waals surface area contributed by atoms with E-state index in [1.165, 1.54) is 0 Å². The fourth-order valence-electron chi connectivity index (χ4n) is 2.17. The molecule has 2 aromatic heterocycles. The van der Waals surface area contributed by atoms with Gasteiger partial charge < -0.3 is 15.2 Å². The number of carbonyl (C=O) groups is 1. The Bertz CT molecular complexity index is 829. The smallest absolute Gasteiger partial charge is 0.221 e. The number of hydrogen-bond donors (Lipinski definition) is 1. The summed E-state index contributed by atoms with van der Waals surface area (Å²) in [6.07, 6.45) is 1.84. The van der Waals surface area contributed by atoms with E-state index < -0.39 is 5.91 Å². The zero-order chi connectivity index (χ0) is 15.5. The average Bonchev–Trinajstić information content (AvgIpc) is 2.96. The van der Waals surface area contributed by atoms with Crippen molar-refractivity contribution in [2.45, 2.75) is 6.42 Å². The number of nitrogens with zero attached hydrogens (tertiary/aromatic N) is 1. The number of thiophene rings is 1. The molecule has 0 aliphatic rings. The topological polar surface area (TPSA) is 74.4 Å². The number of benzene rings is 1. The Morgan fingerprint density at radius 2 is 2.09 bits per heavy atom. The number of pyridine rings is 1. The number of nitrogens with two attached hydrogens (primary N) is 1. The lowest BCUT2D eigenvalue weighted by Crippen LogP contribution is -2.13. The minimum Gasteiger partial charge on any atom is -0.497 e. The molecule has 0 atom stereocenters. The fraction of sp³-hybridized carbons (Fsp3) is 0.125. The Morgan fingerprint density at radius 1 is 1.27 bits per heavy atom. The number of methoxy groups -OCH3 is 1. The molecule has 112 valence electrons. The van der Waals surface area contributed by atoms with Crippen molar-refractivity contribution in [3.8, 4) is 17.2 Å². The van der Waals surface area contributed by atoms with Crippen LogP contribution in [-0.2, 0) is 11.2 Å². The standard InChI is InChI=1S/C16H14N2O3S/c1-20-11-6-10(8-15(17)19)7-12(9-11)21-14-2-4-18-13-3-5-22-16(13)14/h2-7,9H,8H2,1H3,(H2,17,19). The van der Waals surface area contributed by atoms with Crippen molar-refractivity contribution in [3.63, 3.8) is 0 Å². The molecule has 0 spiro atoms. The van der Waals surface area contributed by atoms with Gasteiger partial charge in [0.15, 0.2) is 0 Å². The fourth-order valence-corrected chi connectivity index (χ4v) is 2.97. The average molecular weight is 314 g/mol. The Labute approximate surface area is 131 Å². The van der Waals surface area contributed by atoms with Crippen molar-refractivity contribution in [2.75, 3.05) is 7.11 Å². The van der Waals surface area contributed by atoms with Crippen LogP contribution in [0.3, 0.4) is 0 Å². The molecule has 3 aromatic rings. The first-order valence-corrected chi connectivity index (χ1v) is 7.50. The summed E-state index contributed by atoms with van der Waals surface area (Å²) >= 11 is 1.57. The van der Waals surface area contributed by atoms with Gasteiger partial charge in [0.2, 0.25) is 5.91 Å². The second kappa shape index (κ2) is 6.03. The predicted octanol–water partition coefficient (Wildman–Crippen LogP) is 3.13. The van der Waals surface area contributed by atoms with Crippen molar-refractivity contribution in [2.24, 2.45) is 5.73 Å². The molecule has 6 heteroatoms. The van der Waals surface area contributed by atoms with Gasteiger partial charge in [-0.15, -0.1) is 11.3 Å². The molecule has 0 unspecified atom stereocenters. The maximum atomic E-state index is 11.1. The molecule has 2 heterocycles. The zero-order valence-electron chi connectivity index (χ0n) is 11.9. The van der Waals surface area contributed by atoms with Gasteiger partial charge in [-0.25, -0.2) is 0 Å². The van der Waals surface area contributed by atoms with Gasteiger partial charge in [0, 0.05) is 18.3 Å². The summed E-state index contributed by atoms with van der Waals surface area (Å²) in [5, 5.41) is 1.97. The molecule has 22 heavy (non-hydrogen) atoms. The summed E-state index contributed by atoms with van der Waals surface area (Å²) in [7, 11) is 1.57. The van der Waals surface area contributed by atoms with Gasteiger partial charge >= 0.3 is 0 Å². The molecule has 0 fully saturated rings. The highest BCUT2D eigenvalue weighted by Gasteiger charge is 2.09. The summed E-state index contributed by atoms with van der Waals surface area (Å²) in [5.41, 5.74) is 6.89. The van der Waals surface area contributed by atoms with Gasteiger partial charge in [-0.1, -0.05) is 0 Å². The monoisotopic (exact) mass is 314 g/mol. The van der Waals surface area contributed by atoms with E-state index in [-0.39, 0.29) is 6.42 Å². The van der Waals surface area contributed by atoms with Gasteiger partial charge in [0.1, 0.15) is 17.2 Å². The van der Waals surface area contributed by atoms with Crippen LogP contribution >= 0.6 is 11.3 Å². The summed E-state index contributed by atoms with van der Waals surface area (Å²) in [6, 6.07) is 9.07. The molecule has 1 amide bonds. The Balaban J connectivity index is 1.97. The minimum atomic E-state index is -0.399. The lowest BCUT2D eigenvalue weighted by molar-refractivity contribution is -0.117. The third-order valence-electron chi connectivity index (χ3n) is 3.09. The van der Waals surface area contributed by atoms with Crippen LogP contribution in [0.5, 0.6) is 17.2 Å². The third-order valence-corrected chi connectivity index (χ3v) is 4.01. The van der Waals surface area contributed by atoms with Gasteiger partial charge in [-0.2, -0.15) is 0 Å². The lowest BCUT2D eigenvalue weighted by Gasteiger charge is -2.10. The van der Waals surface area contributed by atoms with Crippen LogP contribution in [0.4, 0.5) is 0 Å². The molecule has 5 nitrogen and oxygen atoms in total. The molecule has 0 saturated carbocycles. The van der Waals surface area contributed by atoms with Crippen LogP contribution in [0.2, 0.25) is 0 Å². The highest BCUT2D eigenvalue weighted by molar-refractivity contribution is 7.17. The Kier molecular flexibility index (Phi) is 3.93. The van der Waals surface area contributed by atoms with E-state index in [9.17, 15) is 4.79 Å². The summed E-state index contributed by atoms with van der Waals surface area (Å²) < 4.78 is 12.2. The number of primary amides is 1. The van der Waals surface area contributed by atoms with Crippen LogP contribution in [-0.4, -0.2) is 18.0 Å². The van der Waals surface area contributed by atoms with Gasteiger partial charge in [0.25, 0.3) is 0 Å². The summed E-state index contributed by atoms with van der Waals surface area (Å²) in [6.45, 7) is 0. The number of ether oxygens (including phenoxy) is 2. The number of fused-ring (bicyclic) bond motifs is 1. The van der Waals surface area contributed by atoms with E-state index in [0.717, 1.165) is 21.5 Å². The number of rotatable bonds is 5. The number of hydrogen-bond acceptors (Lipinski definition) is 5. The first-order chi connectivity index (χ1) is 10.7.